The molecule has 0 aromatic heterocycles. The van der Waals surface area contributed by atoms with E-state index in [1.165, 1.54) is 13.0 Å². The van der Waals surface area contributed by atoms with E-state index in [9.17, 15) is 14.9 Å². The van der Waals surface area contributed by atoms with Gasteiger partial charge in [0.2, 0.25) is 0 Å². The van der Waals surface area contributed by atoms with Gasteiger partial charge in [-0.15, -0.1) is 0 Å². The van der Waals surface area contributed by atoms with E-state index in [0.29, 0.717) is 5.56 Å². The molecular weight excluding hydrogens is 238 g/mol. The number of hydrogen-bond donors (Lipinski definition) is 0. The minimum absolute atomic E-state index is 0.0384. The first-order valence-electron chi connectivity index (χ1n) is 5.54. The zero-order chi connectivity index (χ0) is 13.7. The highest BCUT2D eigenvalue weighted by molar-refractivity contribution is 5.74. The van der Waals surface area contributed by atoms with Gasteiger partial charge in [0.05, 0.1) is 17.6 Å². The van der Waals surface area contributed by atoms with Crippen molar-refractivity contribution in [1.82, 2.24) is 0 Å². The Morgan fingerprint density at radius 2 is 2.17 bits per heavy atom. The molecule has 1 aromatic carbocycles. The van der Waals surface area contributed by atoms with Crippen molar-refractivity contribution in [2.24, 2.45) is 0 Å². The van der Waals surface area contributed by atoms with Crippen LogP contribution in [-0.4, -0.2) is 23.6 Å². The third kappa shape index (κ3) is 3.44. The monoisotopic (exact) mass is 253 g/mol. The number of benzene rings is 1. The molecule has 98 valence electrons. The van der Waals surface area contributed by atoms with Crippen LogP contribution in [0.15, 0.2) is 18.2 Å². The topological polar surface area (TPSA) is 78.7 Å². The average Bonchev–Trinajstić information content (AvgIpc) is 2.31. The second-order valence-corrected chi connectivity index (χ2v) is 3.72. The fourth-order valence-electron chi connectivity index (χ4n) is 1.37. The van der Waals surface area contributed by atoms with Gasteiger partial charge in [0.15, 0.2) is 6.10 Å². The number of nitro groups is 1. The normalized spacial score (nSPS) is 11.7. The Hall–Kier alpha value is -2.11. The summed E-state index contributed by atoms with van der Waals surface area (Å²) < 4.78 is 10.1. The molecule has 1 rings (SSSR count). The number of nitro benzene ring substituents is 1. The molecule has 0 spiro atoms. The minimum Gasteiger partial charge on any atom is -0.479 e. The van der Waals surface area contributed by atoms with E-state index in [4.69, 9.17) is 9.47 Å². The Morgan fingerprint density at radius 1 is 1.50 bits per heavy atom. The molecule has 0 saturated heterocycles. The minimum atomic E-state index is -0.799. The van der Waals surface area contributed by atoms with E-state index in [2.05, 4.69) is 0 Å². The van der Waals surface area contributed by atoms with Crippen LogP contribution in [0.25, 0.3) is 0 Å². The Bertz CT molecular complexity index is 458. The number of hydrogen-bond acceptors (Lipinski definition) is 5. The van der Waals surface area contributed by atoms with Crippen molar-refractivity contribution in [1.29, 1.82) is 0 Å². The van der Waals surface area contributed by atoms with Gasteiger partial charge in [0.25, 0.3) is 5.69 Å². The van der Waals surface area contributed by atoms with Crippen LogP contribution in [0.2, 0.25) is 0 Å². The van der Waals surface area contributed by atoms with Crippen LogP contribution in [0.1, 0.15) is 19.4 Å². The first-order chi connectivity index (χ1) is 8.45. The molecule has 6 nitrogen and oxygen atoms in total. The lowest BCUT2D eigenvalue weighted by Crippen LogP contribution is -2.26. The van der Waals surface area contributed by atoms with Gasteiger partial charge in [-0.2, -0.15) is 0 Å². The van der Waals surface area contributed by atoms with Gasteiger partial charge >= 0.3 is 5.97 Å². The van der Waals surface area contributed by atoms with Crippen LogP contribution < -0.4 is 4.74 Å². The molecule has 0 aliphatic carbocycles. The van der Waals surface area contributed by atoms with Crippen LogP contribution in [0, 0.1) is 17.0 Å². The van der Waals surface area contributed by atoms with E-state index >= 15 is 0 Å². The number of esters is 1. The summed E-state index contributed by atoms with van der Waals surface area (Å²) in [6, 6.07) is 4.45. The predicted molar refractivity (Wildman–Crippen MR) is 64.6 cm³/mol. The first kappa shape index (κ1) is 14.0. The van der Waals surface area contributed by atoms with Crippen molar-refractivity contribution in [2.45, 2.75) is 26.9 Å². The molecule has 1 unspecified atom stereocenters. The van der Waals surface area contributed by atoms with Crippen LogP contribution in [0.5, 0.6) is 5.75 Å². The van der Waals surface area contributed by atoms with Crippen LogP contribution in [-0.2, 0) is 9.53 Å². The first-order valence-corrected chi connectivity index (χ1v) is 5.54. The van der Waals surface area contributed by atoms with Crippen LogP contribution in [0.3, 0.4) is 0 Å². The van der Waals surface area contributed by atoms with Gasteiger partial charge in [-0.25, -0.2) is 4.79 Å². The fraction of sp³-hybridized carbons (Fsp3) is 0.417. The van der Waals surface area contributed by atoms with Crippen molar-refractivity contribution >= 4 is 11.7 Å². The van der Waals surface area contributed by atoms with Crippen molar-refractivity contribution < 1.29 is 19.2 Å². The maximum Gasteiger partial charge on any atom is 0.347 e. The molecule has 18 heavy (non-hydrogen) atoms. The summed E-state index contributed by atoms with van der Waals surface area (Å²) in [5, 5.41) is 10.8. The summed E-state index contributed by atoms with van der Waals surface area (Å²) in [4.78, 5) is 21.6. The molecule has 0 N–H and O–H groups in total. The summed E-state index contributed by atoms with van der Waals surface area (Å²) in [5.41, 5.74) is 0.500. The maximum absolute atomic E-state index is 11.4. The number of nitrogens with zero attached hydrogens (tertiary/aromatic N) is 1. The van der Waals surface area contributed by atoms with Crippen molar-refractivity contribution in [2.75, 3.05) is 6.61 Å². The Balaban J connectivity index is 2.82. The van der Waals surface area contributed by atoms with E-state index in [1.807, 2.05) is 0 Å². The smallest absolute Gasteiger partial charge is 0.347 e. The summed E-state index contributed by atoms with van der Waals surface area (Å²) in [6.07, 6.45) is -0.799. The van der Waals surface area contributed by atoms with E-state index in [-0.39, 0.29) is 18.0 Å². The maximum atomic E-state index is 11.4. The third-order valence-electron chi connectivity index (χ3n) is 2.31. The van der Waals surface area contributed by atoms with Crippen molar-refractivity contribution in [3.05, 3.63) is 33.9 Å². The summed E-state index contributed by atoms with van der Waals surface area (Å²) in [7, 11) is 0. The van der Waals surface area contributed by atoms with Crippen LogP contribution >= 0.6 is 0 Å². The molecule has 0 fully saturated rings. The molecule has 0 amide bonds. The quantitative estimate of drug-likeness (QED) is 0.456. The number of aryl methyl sites for hydroxylation is 1. The lowest BCUT2D eigenvalue weighted by molar-refractivity contribution is -0.385. The average molecular weight is 253 g/mol. The van der Waals surface area contributed by atoms with E-state index < -0.39 is 17.0 Å². The molecule has 6 heteroatoms. The Morgan fingerprint density at radius 3 is 2.72 bits per heavy atom. The SMILES string of the molecule is CCOC(=O)C(C)Oc1ccc(C)c([N+](=O)[O-])c1. The highest BCUT2D eigenvalue weighted by Gasteiger charge is 2.18. The lowest BCUT2D eigenvalue weighted by atomic mass is 10.2. The summed E-state index contributed by atoms with van der Waals surface area (Å²) in [6.45, 7) is 5.13. The van der Waals surface area contributed by atoms with Gasteiger partial charge in [0, 0.05) is 5.56 Å². The van der Waals surface area contributed by atoms with E-state index in [1.54, 1.807) is 26.0 Å². The molecule has 0 saturated carbocycles. The molecule has 1 aromatic rings. The molecule has 0 aliphatic heterocycles. The molecule has 1 atom stereocenters. The van der Waals surface area contributed by atoms with E-state index in [0.717, 1.165) is 0 Å². The zero-order valence-corrected chi connectivity index (χ0v) is 10.5. The Kier molecular flexibility index (Phi) is 4.65. The lowest BCUT2D eigenvalue weighted by Gasteiger charge is -2.13. The van der Waals surface area contributed by atoms with Crippen LogP contribution in [0.4, 0.5) is 5.69 Å². The second-order valence-electron chi connectivity index (χ2n) is 3.72. The van der Waals surface area contributed by atoms with Gasteiger partial charge < -0.3 is 9.47 Å². The molecule has 0 bridgehead atoms. The molecule has 0 heterocycles. The van der Waals surface area contributed by atoms with Crippen molar-refractivity contribution in [3.8, 4) is 5.75 Å². The molecule has 0 radical (unpaired) electrons. The summed E-state index contributed by atoms with van der Waals surface area (Å²) in [5.74, 6) is -0.228. The predicted octanol–water partition coefficient (Wildman–Crippen LogP) is 2.23. The van der Waals surface area contributed by atoms with Gasteiger partial charge in [-0.3, -0.25) is 10.1 Å². The van der Waals surface area contributed by atoms with Gasteiger partial charge in [0.1, 0.15) is 5.75 Å². The largest absolute Gasteiger partial charge is 0.479 e. The molecule has 0 aliphatic rings. The highest BCUT2D eigenvalue weighted by atomic mass is 16.6. The third-order valence-corrected chi connectivity index (χ3v) is 2.31. The number of ether oxygens (including phenoxy) is 2. The van der Waals surface area contributed by atoms with Gasteiger partial charge in [-0.1, -0.05) is 0 Å². The fourth-order valence-corrected chi connectivity index (χ4v) is 1.37. The number of carbonyl (C=O) groups excluding carboxylic acids is 1. The Labute approximate surface area is 105 Å². The van der Waals surface area contributed by atoms with Gasteiger partial charge in [-0.05, 0) is 32.9 Å². The zero-order valence-electron chi connectivity index (χ0n) is 10.5. The highest BCUT2D eigenvalue weighted by Crippen LogP contribution is 2.24. The summed E-state index contributed by atoms with van der Waals surface area (Å²) >= 11 is 0. The molecular formula is C12H15NO5. The standard InChI is InChI=1S/C12H15NO5/c1-4-17-12(14)9(3)18-10-6-5-8(2)11(7-10)13(15)16/h5-7,9H,4H2,1-3H3. The van der Waals surface area contributed by atoms with Crippen molar-refractivity contribution in [3.63, 3.8) is 0 Å². The second kappa shape index (κ2) is 6.00. The number of rotatable bonds is 5. The number of carbonyl (C=O) groups is 1.